The van der Waals surface area contributed by atoms with Crippen molar-refractivity contribution in [3.8, 4) is 11.1 Å². The number of benzene rings is 1. The third-order valence-electron chi connectivity index (χ3n) is 12.5. The first-order valence-electron chi connectivity index (χ1n) is 19.5. The van der Waals surface area contributed by atoms with Gasteiger partial charge < -0.3 is 19.9 Å². The Morgan fingerprint density at radius 2 is 1.70 bits per heavy atom. The third-order valence-corrected chi connectivity index (χ3v) is 13.5. The van der Waals surface area contributed by atoms with Crippen LogP contribution in [0.2, 0.25) is 0 Å². The fraction of sp³-hybridized carbons (Fsp3) is 0.500. The van der Waals surface area contributed by atoms with Gasteiger partial charge >= 0.3 is 5.97 Å². The molecule has 0 radical (unpaired) electrons. The quantitative estimate of drug-likeness (QED) is 0.124. The second-order valence-corrected chi connectivity index (χ2v) is 18.6. The molecule has 5 fully saturated rings. The Balaban J connectivity index is 0.934. The van der Waals surface area contributed by atoms with Crippen molar-refractivity contribution in [3.05, 3.63) is 77.0 Å². The average Bonchev–Trinajstić information content (AvgIpc) is 3.72. The maximum Gasteiger partial charge on any atom is 0.355 e. The predicted octanol–water partition coefficient (Wildman–Crippen LogP) is 7.10. The van der Waals surface area contributed by atoms with Crippen molar-refractivity contribution in [3.63, 3.8) is 0 Å². The number of fused-ring (bicyclic) bond motifs is 1. The van der Waals surface area contributed by atoms with Gasteiger partial charge in [0.15, 0.2) is 16.6 Å². The van der Waals surface area contributed by atoms with Crippen LogP contribution in [-0.4, -0.2) is 96.8 Å². The van der Waals surface area contributed by atoms with Gasteiger partial charge in [-0.25, -0.2) is 14.8 Å². The van der Waals surface area contributed by atoms with Gasteiger partial charge in [0, 0.05) is 43.0 Å². The van der Waals surface area contributed by atoms with Crippen molar-refractivity contribution in [2.24, 2.45) is 16.2 Å². The Bertz CT molecular complexity index is 2300. The number of anilines is 2. The van der Waals surface area contributed by atoms with Gasteiger partial charge in [-0.2, -0.15) is 5.10 Å². The van der Waals surface area contributed by atoms with E-state index < -0.39 is 11.8 Å². The summed E-state index contributed by atoms with van der Waals surface area (Å²) in [6, 6.07) is 12.7. The highest BCUT2D eigenvalue weighted by atomic mass is 32.1. The largest absolute Gasteiger partial charge is 0.476 e. The van der Waals surface area contributed by atoms with Crippen LogP contribution < -0.4 is 5.32 Å². The summed E-state index contributed by atoms with van der Waals surface area (Å²) < 4.78 is 15.6. The van der Waals surface area contributed by atoms with E-state index in [4.69, 9.17) is 14.6 Å². The zero-order chi connectivity index (χ0) is 38.9. The van der Waals surface area contributed by atoms with Gasteiger partial charge in [-0.1, -0.05) is 37.3 Å². The third kappa shape index (κ3) is 6.90. The van der Waals surface area contributed by atoms with Crippen LogP contribution in [0.25, 0.3) is 21.3 Å². The molecule has 5 heterocycles. The van der Waals surface area contributed by atoms with Crippen LogP contribution in [0.4, 0.5) is 10.9 Å². The van der Waals surface area contributed by atoms with E-state index in [-0.39, 0.29) is 38.9 Å². The summed E-state index contributed by atoms with van der Waals surface area (Å²) >= 11 is 1.50. The Kier molecular flexibility index (Phi) is 9.10. The summed E-state index contributed by atoms with van der Waals surface area (Å²) in [6.45, 7) is 14.6. The Morgan fingerprint density at radius 3 is 2.43 bits per heavy atom. The molecule has 4 bridgehead atoms. The number of carboxylic acids is 1. The summed E-state index contributed by atoms with van der Waals surface area (Å²) in [5.41, 5.74) is 3.66. The number of para-hydroxylation sites is 1. The van der Waals surface area contributed by atoms with E-state index in [1.165, 1.54) is 17.8 Å². The molecule has 2 unspecified atom stereocenters. The number of aromatic carboxylic acids is 1. The van der Waals surface area contributed by atoms with E-state index in [9.17, 15) is 14.7 Å². The zero-order valence-electron chi connectivity index (χ0n) is 32.4. The first-order chi connectivity index (χ1) is 26.8. The molecule has 4 aliphatic carbocycles. The number of nitrogens with zero attached hydrogens (tertiary/aromatic N) is 7. The summed E-state index contributed by atoms with van der Waals surface area (Å²) in [5, 5.41) is 27.5. The van der Waals surface area contributed by atoms with Crippen LogP contribution in [0, 0.1) is 30.1 Å². The Morgan fingerprint density at radius 1 is 0.929 bits per heavy atom. The summed E-state index contributed by atoms with van der Waals surface area (Å²) in [7, 11) is 0. The molecule has 0 spiro atoms. The molecule has 1 aliphatic heterocycles. The smallest absolute Gasteiger partial charge is 0.355 e. The monoisotopic (exact) mass is 776 g/mol. The number of rotatable bonds is 12. The molecule has 13 nitrogen and oxygen atoms in total. The second kappa shape index (κ2) is 13.8. The average molecular weight is 777 g/mol. The van der Waals surface area contributed by atoms with Crippen LogP contribution in [0.15, 0.2) is 48.7 Å². The molecule has 5 aromatic rings. The van der Waals surface area contributed by atoms with E-state index in [0.717, 1.165) is 94.0 Å². The van der Waals surface area contributed by atoms with Crippen molar-refractivity contribution < 1.29 is 24.2 Å². The van der Waals surface area contributed by atoms with Crippen molar-refractivity contribution in [2.75, 3.05) is 44.8 Å². The number of carbonyl (C=O) groups excluding carboxylic acids is 1. The predicted molar refractivity (Wildman–Crippen MR) is 213 cm³/mol. The molecular weight excluding hydrogens is 729 g/mol. The molecule has 1 saturated heterocycles. The van der Waals surface area contributed by atoms with Gasteiger partial charge in [-0.3, -0.25) is 14.4 Å². The Hall–Kier alpha value is -4.63. The number of thiazole rings is 1. The van der Waals surface area contributed by atoms with Crippen molar-refractivity contribution in [1.29, 1.82) is 0 Å². The van der Waals surface area contributed by atoms with Gasteiger partial charge in [0.25, 0.3) is 0 Å². The number of ketones is 1. The molecule has 4 aromatic heterocycles. The zero-order valence-corrected chi connectivity index (χ0v) is 33.2. The van der Waals surface area contributed by atoms with Gasteiger partial charge in [-0.15, -0.1) is 10.2 Å². The van der Waals surface area contributed by atoms with Gasteiger partial charge in [0.2, 0.25) is 5.78 Å². The summed E-state index contributed by atoms with van der Waals surface area (Å²) in [4.78, 5) is 37.7. The standard InChI is InChI=1S/C42H48N8O5S/c1-26-17-32(47-48-36(26)46-38-45-30-7-5-6-8-33(30)56-38)35(51)31-10-9-28(34(44-31)37(52)53)29-18-43-50(27(29)2)25-41-20-39(3)19-40(4,21-41)23-42(22-39,24-41)55-16-13-49-11-14-54-15-12-49/h5-10,17-18H,11-16,19-25H2,1-4H3,(H,52,53)(H,45,46,48)/t39-,40+,41?,42?. The van der Waals surface area contributed by atoms with E-state index in [0.29, 0.717) is 27.6 Å². The number of carboxylic acid groups (broad SMARTS) is 1. The van der Waals surface area contributed by atoms with E-state index in [2.05, 4.69) is 48.9 Å². The minimum atomic E-state index is -1.22. The number of hydrogen-bond acceptors (Lipinski definition) is 12. The number of morpholine rings is 1. The fourth-order valence-corrected chi connectivity index (χ4v) is 12.3. The fourth-order valence-electron chi connectivity index (χ4n) is 11.4. The number of hydrogen-bond donors (Lipinski definition) is 2. The molecule has 10 rings (SSSR count). The second-order valence-electron chi connectivity index (χ2n) is 17.6. The van der Waals surface area contributed by atoms with E-state index >= 15 is 0 Å². The lowest BCUT2D eigenvalue weighted by Gasteiger charge is -2.69. The lowest BCUT2D eigenvalue weighted by molar-refractivity contribution is -0.249. The maximum atomic E-state index is 13.6. The van der Waals surface area contributed by atoms with Crippen molar-refractivity contribution >= 4 is 44.3 Å². The number of ether oxygens (including phenoxy) is 2. The normalized spacial score (nSPS) is 27.2. The number of carbonyl (C=O) groups is 2. The lowest BCUT2D eigenvalue weighted by atomic mass is 9.39. The van der Waals surface area contributed by atoms with Crippen LogP contribution >= 0.6 is 11.3 Å². The number of pyridine rings is 1. The van der Waals surface area contributed by atoms with Gasteiger partial charge in [-0.05, 0) is 105 Å². The van der Waals surface area contributed by atoms with E-state index in [1.54, 1.807) is 24.4 Å². The van der Waals surface area contributed by atoms with Crippen LogP contribution in [0.5, 0.6) is 0 Å². The molecule has 5 aliphatic rings. The molecule has 4 saturated carbocycles. The van der Waals surface area contributed by atoms with Crippen molar-refractivity contribution in [2.45, 2.75) is 78.4 Å². The molecule has 2 N–H and O–H groups in total. The highest BCUT2D eigenvalue weighted by Crippen LogP contribution is 2.72. The molecule has 0 amide bonds. The highest BCUT2D eigenvalue weighted by molar-refractivity contribution is 7.22. The van der Waals surface area contributed by atoms with Crippen LogP contribution in [0.1, 0.15) is 90.3 Å². The summed E-state index contributed by atoms with van der Waals surface area (Å²) in [5.74, 6) is -1.26. The molecule has 1 aromatic carbocycles. The molecular formula is C42H48N8O5S. The first kappa shape index (κ1) is 37.0. The van der Waals surface area contributed by atoms with Gasteiger partial charge in [0.05, 0.1) is 41.8 Å². The minimum Gasteiger partial charge on any atom is -0.476 e. The molecule has 56 heavy (non-hydrogen) atoms. The van der Waals surface area contributed by atoms with Crippen molar-refractivity contribution in [1.82, 2.24) is 34.8 Å². The lowest BCUT2D eigenvalue weighted by Crippen LogP contribution is -2.64. The SMILES string of the molecule is Cc1cc(C(=O)c2ccc(-c3cnn(CC45CC6(OCCN7CCOCC7)C[C@](C)(C4)C[C@](C)(C5)C6)c3C)c(C(=O)O)n2)nnc1Nc1nc2ccccc2s1. The molecule has 292 valence electrons. The minimum absolute atomic E-state index is 0.0219. The topological polar surface area (TPSA) is 157 Å². The number of nitrogens with one attached hydrogen (secondary N) is 1. The summed E-state index contributed by atoms with van der Waals surface area (Å²) in [6.07, 6.45) is 8.40. The molecule has 4 atom stereocenters. The van der Waals surface area contributed by atoms with E-state index in [1.807, 2.05) is 38.1 Å². The first-order valence-corrected chi connectivity index (χ1v) is 20.4. The number of aromatic nitrogens is 6. The van der Waals surface area contributed by atoms with Crippen LogP contribution in [0.3, 0.4) is 0 Å². The highest BCUT2D eigenvalue weighted by Gasteiger charge is 2.66. The number of aryl methyl sites for hydroxylation is 1. The van der Waals surface area contributed by atoms with Crippen LogP contribution in [-0.2, 0) is 16.0 Å². The maximum absolute atomic E-state index is 13.6. The molecule has 14 heteroatoms. The Labute approximate surface area is 329 Å². The van der Waals surface area contributed by atoms with Gasteiger partial charge in [0.1, 0.15) is 11.4 Å².